The van der Waals surface area contributed by atoms with E-state index in [0.717, 1.165) is 18.9 Å². The van der Waals surface area contributed by atoms with Crippen LogP contribution < -0.4 is 0 Å². The highest BCUT2D eigenvalue weighted by molar-refractivity contribution is 5.18. The standard InChI is InChI=1S/C16H30O2/c1-6-11(3)8-9-14-10-15(17)12(4)13(5)16(14)18-7-2/h10-13,15-17H,6-9H2,1-5H3/t11-,12?,13?,15?,16?/m1/s1. The summed E-state index contributed by atoms with van der Waals surface area (Å²) < 4.78 is 5.91. The smallest absolute Gasteiger partial charge is 0.0814 e. The van der Waals surface area contributed by atoms with Crippen molar-refractivity contribution in [1.29, 1.82) is 0 Å². The lowest BCUT2D eigenvalue weighted by atomic mass is 9.76. The molecule has 18 heavy (non-hydrogen) atoms. The predicted octanol–water partition coefficient (Wildman–Crippen LogP) is 3.79. The fourth-order valence-corrected chi connectivity index (χ4v) is 2.67. The van der Waals surface area contributed by atoms with E-state index < -0.39 is 0 Å². The highest BCUT2D eigenvalue weighted by Crippen LogP contribution is 2.34. The lowest BCUT2D eigenvalue weighted by Crippen LogP contribution is -2.39. The van der Waals surface area contributed by atoms with Crippen LogP contribution >= 0.6 is 0 Å². The first-order valence-electron chi connectivity index (χ1n) is 7.51. The third-order valence-corrected chi connectivity index (χ3v) is 4.56. The predicted molar refractivity (Wildman–Crippen MR) is 76.5 cm³/mol. The molecular weight excluding hydrogens is 224 g/mol. The molecule has 1 aliphatic carbocycles. The molecule has 4 unspecified atom stereocenters. The van der Waals surface area contributed by atoms with E-state index in [9.17, 15) is 5.11 Å². The lowest BCUT2D eigenvalue weighted by Gasteiger charge is -2.37. The maximum atomic E-state index is 10.1. The van der Waals surface area contributed by atoms with Crippen molar-refractivity contribution < 1.29 is 9.84 Å². The number of aliphatic hydroxyl groups excluding tert-OH is 1. The summed E-state index contributed by atoms with van der Waals surface area (Å²) in [5.74, 6) is 1.44. The molecule has 1 aliphatic rings. The number of hydrogen-bond acceptors (Lipinski definition) is 2. The number of rotatable bonds is 6. The molecule has 0 fully saturated rings. The molecule has 0 aromatic heterocycles. The third-order valence-electron chi connectivity index (χ3n) is 4.56. The van der Waals surface area contributed by atoms with Crippen LogP contribution in [-0.4, -0.2) is 23.9 Å². The summed E-state index contributed by atoms with van der Waals surface area (Å²) in [7, 11) is 0. The van der Waals surface area contributed by atoms with Crippen LogP contribution in [0.4, 0.5) is 0 Å². The Morgan fingerprint density at radius 1 is 1.28 bits per heavy atom. The quantitative estimate of drug-likeness (QED) is 0.731. The van der Waals surface area contributed by atoms with Gasteiger partial charge in [0.1, 0.15) is 0 Å². The summed E-state index contributed by atoms with van der Waals surface area (Å²) in [5.41, 5.74) is 1.32. The molecule has 0 heterocycles. The molecule has 0 radical (unpaired) electrons. The average Bonchev–Trinajstić information content (AvgIpc) is 2.37. The Balaban J connectivity index is 2.73. The molecule has 1 rings (SSSR count). The monoisotopic (exact) mass is 254 g/mol. The Morgan fingerprint density at radius 3 is 2.50 bits per heavy atom. The first-order chi connectivity index (χ1) is 8.51. The van der Waals surface area contributed by atoms with Gasteiger partial charge in [0.15, 0.2) is 0 Å². The largest absolute Gasteiger partial charge is 0.389 e. The topological polar surface area (TPSA) is 29.5 Å². The van der Waals surface area contributed by atoms with Gasteiger partial charge in [-0.2, -0.15) is 0 Å². The van der Waals surface area contributed by atoms with Crippen LogP contribution in [0.5, 0.6) is 0 Å². The molecule has 2 heteroatoms. The van der Waals surface area contributed by atoms with Gasteiger partial charge in [-0.15, -0.1) is 0 Å². The third kappa shape index (κ3) is 3.83. The highest BCUT2D eigenvalue weighted by atomic mass is 16.5. The zero-order valence-corrected chi connectivity index (χ0v) is 12.6. The van der Waals surface area contributed by atoms with Crippen molar-refractivity contribution in [2.75, 3.05) is 6.61 Å². The summed E-state index contributed by atoms with van der Waals surface area (Å²) in [4.78, 5) is 0. The number of ether oxygens (including phenoxy) is 1. The van der Waals surface area contributed by atoms with Crippen LogP contribution in [0.1, 0.15) is 53.9 Å². The first-order valence-corrected chi connectivity index (χ1v) is 7.51. The zero-order valence-electron chi connectivity index (χ0n) is 12.6. The van der Waals surface area contributed by atoms with E-state index in [-0.39, 0.29) is 18.1 Å². The van der Waals surface area contributed by atoms with Gasteiger partial charge in [0, 0.05) is 6.61 Å². The molecule has 0 aliphatic heterocycles. The molecule has 0 bridgehead atoms. The molecule has 0 aromatic rings. The van der Waals surface area contributed by atoms with Crippen LogP contribution in [0.2, 0.25) is 0 Å². The van der Waals surface area contributed by atoms with E-state index in [4.69, 9.17) is 4.74 Å². The first kappa shape index (κ1) is 15.7. The molecule has 106 valence electrons. The minimum atomic E-state index is -0.302. The summed E-state index contributed by atoms with van der Waals surface area (Å²) in [6.07, 6.45) is 5.43. The summed E-state index contributed by atoms with van der Waals surface area (Å²) in [6.45, 7) is 11.6. The fraction of sp³-hybridized carbons (Fsp3) is 0.875. The van der Waals surface area contributed by atoms with E-state index in [1.54, 1.807) is 0 Å². The number of aliphatic hydroxyl groups is 1. The summed E-state index contributed by atoms with van der Waals surface area (Å²) >= 11 is 0. The molecule has 0 spiro atoms. The SMILES string of the molecule is CCOC1C(CC[C@H](C)CC)=CC(O)C(C)C1C. The number of hydrogen-bond donors (Lipinski definition) is 1. The minimum absolute atomic E-state index is 0.206. The van der Waals surface area contributed by atoms with Gasteiger partial charge < -0.3 is 9.84 Å². The maximum absolute atomic E-state index is 10.1. The molecule has 5 atom stereocenters. The van der Waals surface area contributed by atoms with E-state index in [2.05, 4.69) is 34.6 Å². The van der Waals surface area contributed by atoms with Crippen LogP contribution in [0.3, 0.4) is 0 Å². The normalized spacial score (nSPS) is 34.2. The molecule has 0 saturated carbocycles. The van der Waals surface area contributed by atoms with Crippen LogP contribution in [0, 0.1) is 17.8 Å². The second kappa shape index (κ2) is 7.30. The summed E-state index contributed by atoms with van der Waals surface area (Å²) in [5, 5.41) is 10.1. The Kier molecular flexibility index (Phi) is 6.37. The molecule has 0 aromatic carbocycles. The molecule has 0 amide bonds. The van der Waals surface area contributed by atoms with Gasteiger partial charge in [0.25, 0.3) is 0 Å². The van der Waals surface area contributed by atoms with E-state index in [1.165, 1.54) is 18.4 Å². The van der Waals surface area contributed by atoms with Crippen molar-refractivity contribution in [1.82, 2.24) is 0 Å². The van der Waals surface area contributed by atoms with Crippen molar-refractivity contribution in [2.24, 2.45) is 17.8 Å². The van der Waals surface area contributed by atoms with Gasteiger partial charge in [-0.3, -0.25) is 0 Å². The lowest BCUT2D eigenvalue weighted by molar-refractivity contribution is -0.00629. The van der Waals surface area contributed by atoms with Crippen molar-refractivity contribution in [3.63, 3.8) is 0 Å². The van der Waals surface area contributed by atoms with Crippen LogP contribution in [0.15, 0.2) is 11.6 Å². The second-order valence-electron chi connectivity index (χ2n) is 5.88. The van der Waals surface area contributed by atoms with Gasteiger partial charge in [-0.1, -0.05) is 40.2 Å². The van der Waals surface area contributed by atoms with Crippen molar-refractivity contribution in [3.8, 4) is 0 Å². The van der Waals surface area contributed by atoms with E-state index in [1.807, 2.05) is 6.08 Å². The van der Waals surface area contributed by atoms with Crippen molar-refractivity contribution in [2.45, 2.75) is 66.1 Å². The summed E-state index contributed by atoms with van der Waals surface area (Å²) in [6, 6.07) is 0. The van der Waals surface area contributed by atoms with Gasteiger partial charge in [-0.05, 0) is 43.1 Å². The maximum Gasteiger partial charge on any atom is 0.0814 e. The van der Waals surface area contributed by atoms with Gasteiger partial charge in [0.2, 0.25) is 0 Å². The molecule has 0 saturated heterocycles. The van der Waals surface area contributed by atoms with Crippen molar-refractivity contribution >= 4 is 0 Å². The zero-order chi connectivity index (χ0) is 13.7. The highest BCUT2D eigenvalue weighted by Gasteiger charge is 2.34. The average molecular weight is 254 g/mol. The van der Waals surface area contributed by atoms with Gasteiger partial charge >= 0.3 is 0 Å². The Hall–Kier alpha value is -0.340. The molecule has 1 N–H and O–H groups in total. The van der Waals surface area contributed by atoms with Gasteiger partial charge in [0.05, 0.1) is 12.2 Å². The fourth-order valence-electron chi connectivity index (χ4n) is 2.67. The van der Waals surface area contributed by atoms with Crippen LogP contribution in [0.25, 0.3) is 0 Å². The van der Waals surface area contributed by atoms with E-state index >= 15 is 0 Å². The Bertz CT molecular complexity index is 272. The van der Waals surface area contributed by atoms with Crippen LogP contribution in [-0.2, 0) is 4.74 Å². The second-order valence-corrected chi connectivity index (χ2v) is 5.88. The minimum Gasteiger partial charge on any atom is -0.389 e. The van der Waals surface area contributed by atoms with Gasteiger partial charge in [-0.25, -0.2) is 0 Å². The van der Waals surface area contributed by atoms with Crippen molar-refractivity contribution in [3.05, 3.63) is 11.6 Å². The van der Waals surface area contributed by atoms with E-state index in [0.29, 0.717) is 5.92 Å². The molecular formula is C16H30O2. The Labute approximate surface area is 112 Å². The Morgan fingerprint density at radius 2 is 1.94 bits per heavy atom. The molecule has 2 nitrogen and oxygen atoms in total.